The van der Waals surface area contributed by atoms with E-state index in [1.54, 1.807) is 0 Å². The van der Waals surface area contributed by atoms with Crippen LogP contribution in [0.15, 0.2) is 0 Å². The van der Waals surface area contributed by atoms with Gasteiger partial charge in [0.1, 0.15) is 24.4 Å². The van der Waals surface area contributed by atoms with Crippen LogP contribution in [0.25, 0.3) is 0 Å². The standard InChI is InChI=1S/C20H32O6/c1-2-21-16-15(14-13-22-19(24-14)9-5-3-6-10-19)23-18-17(16)25-20(26-18)11-7-4-8-12-20/h14-18H,2-13H2,1H3/t14-,15-,16+,17-,18-/m0/s1. The first-order chi connectivity index (χ1) is 12.7. The van der Waals surface area contributed by atoms with Gasteiger partial charge in [-0.05, 0) is 32.6 Å². The van der Waals surface area contributed by atoms with Crippen molar-refractivity contribution in [2.75, 3.05) is 13.2 Å². The number of ether oxygens (including phenoxy) is 6. The molecule has 0 N–H and O–H groups in total. The van der Waals surface area contributed by atoms with Gasteiger partial charge in [-0.2, -0.15) is 0 Å². The Labute approximate surface area is 155 Å². The van der Waals surface area contributed by atoms with Crippen LogP contribution in [0.2, 0.25) is 0 Å². The van der Waals surface area contributed by atoms with Crippen LogP contribution >= 0.6 is 0 Å². The molecule has 26 heavy (non-hydrogen) atoms. The maximum Gasteiger partial charge on any atom is 0.190 e. The Balaban J connectivity index is 1.29. The zero-order valence-corrected chi connectivity index (χ0v) is 15.8. The molecule has 2 spiro atoms. The highest BCUT2D eigenvalue weighted by Crippen LogP contribution is 2.48. The Morgan fingerprint density at radius 3 is 2.19 bits per heavy atom. The minimum atomic E-state index is -0.453. The Bertz CT molecular complexity index is 499. The molecule has 0 aromatic heterocycles. The average molecular weight is 368 g/mol. The lowest BCUT2D eigenvalue weighted by Crippen LogP contribution is -2.45. The third kappa shape index (κ3) is 3.03. The molecule has 0 amide bonds. The number of rotatable bonds is 3. The highest BCUT2D eigenvalue weighted by atomic mass is 16.9. The predicted molar refractivity (Wildman–Crippen MR) is 92.5 cm³/mol. The molecule has 2 saturated carbocycles. The first-order valence-electron chi connectivity index (χ1n) is 10.7. The van der Waals surface area contributed by atoms with E-state index in [2.05, 4.69) is 0 Å². The fraction of sp³-hybridized carbons (Fsp3) is 1.00. The van der Waals surface area contributed by atoms with Gasteiger partial charge < -0.3 is 28.4 Å². The van der Waals surface area contributed by atoms with E-state index in [9.17, 15) is 0 Å². The van der Waals surface area contributed by atoms with Crippen LogP contribution in [-0.2, 0) is 28.4 Å². The second-order valence-electron chi connectivity index (χ2n) is 8.50. The van der Waals surface area contributed by atoms with Crippen molar-refractivity contribution in [3.8, 4) is 0 Å². The molecule has 5 aliphatic rings. The molecule has 0 aromatic carbocycles. The van der Waals surface area contributed by atoms with Crippen molar-refractivity contribution in [2.45, 2.75) is 113 Å². The monoisotopic (exact) mass is 368 g/mol. The predicted octanol–water partition coefficient (Wildman–Crippen LogP) is 3.27. The van der Waals surface area contributed by atoms with Crippen LogP contribution < -0.4 is 0 Å². The largest absolute Gasteiger partial charge is 0.373 e. The van der Waals surface area contributed by atoms with Crippen molar-refractivity contribution >= 4 is 0 Å². The van der Waals surface area contributed by atoms with E-state index in [-0.39, 0.29) is 30.7 Å². The summed E-state index contributed by atoms with van der Waals surface area (Å²) in [5.74, 6) is -0.849. The van der Waals surface area contributed by atoms with E-state index in [0.717, 1.165) is 38.5 Å². The van der Waals surface area contributed by atoms with Crippen LogP contribution in [0.1, 0.15) is 71.1 Å². The highest BCUT2D eigenvalue weighted by Gasteiger charge is 2.61. The fourth-order valence-electron chi connectivity index (χ4n) is 5.46. The highest BCUT2D eigenvalue weighted by molar-refractivity contribution is 5.01. The molecule has 6 heteroatoms. The number of fused-ring (bicyclic) bond motifs is 1. The molecule has 148 valence electrons. The summed E-state index contributed by atoms with van der Waals surface area (Å²) < 4.78 is 37.7. The molecule has 3 saturated heterocycles. The van der Waals surface area contributed by atoms with E-state index in [0.29, 0.717) is 13.2 Å². The van der Waals surface area contributed by atoms with Gasteiger partial charge in [-0.1, -0.05) is 12.8 Å². The Morgan fingerprint density at radius 2 is 1.50 bits per heavy atom. The lowest BCUT2D eigenvalue weighted by Gasteiger charge is -2.35. The molecule has 5 atom stereocenters. The van der Waals surface area contributed by atoms with Crippen molar-refractivity contribution in [3.05, 3.63) is 0 Å². The topological polar surface area (TPSA) is 55.4 Å². The van der Waals surface area contributed by atoms with Crippen molar-refractivity contribution < 1.29 is 28.4 Å². The van der Waals surface area contributed by atoms with Gasteiger partial charge in [0.2, 0.25) is 0 Å². The molecule has 0 bridgehead atoms. The molecule has 0 unspecified atom stereocenters. The first kappa shape index (κ1) is 17.8. The number of hydrogen-bond acceptors (Lipinski definition) is 6. The normalized spacial score (nSPS) is 44.0. The summed E-state index contributed by atoms with van der Waals surface area (Å²) in [5, 5.41) is 0. The van der Waals surface area contributed by atoms with E-state index >= 15 is 0 Å². The van der Waals surface area contributed by atoms with Crippen LogP contribution in [-0.4, -0.2) is 55.5 Å². The Kier molecular flexibility index (Phi) is 4.78. The van der Waals surface area contributed by atoms with E-state index < -0.39 is 11.6 Å². The number of hydrogen-bond donors (Lipinski definition) is 0. The molecule has 0 aromatic rings. The minimum Gasteiger partial charge on any atom is -0.373 e. The van der Waals surface area contributed by atoms with E-state index in [4.69, 9.17) is 28.4 Å². The maximum absolute atomic E-state index is 6.44. The SMILES string of the molecule is CCO[C@H]1[C@@H]2OC3(CCCCC3)O[C@@H]2O[C@H]1[C@@H]1COC2(CCCCC2)O1. The molecule has 0 radical (unpaired) electrons. The van der Waals surface area contributed by atoms with Gasteiger partial charge in [-0.15, -0.1) is 0 Å². The summed E-state index contributed by atoms with van der Waals surface area (Å²) in [4.78, 5) is 0. The molecular formula is C20H32O6. The summed E-state index contributed by atoms with van der Waals surface area (Å²) in [6.45, 7) is 3.22. The molecule has 2 aliphatic carbocycles. The molecule has 3 heterocycles. The third-order valence-electron chi connectivity index (χ3n) is 6.72. The zero-order chi connectivity index (χ0) is 17.6. The summed E-state index contributed by atoms with van der Waals surface area (Å²) in [5.41, 5.74) is 0. The third-order valence-corrected chi connectivity index (χ3v) is 6.72. The molecule has 5 rings (SSSR count). The van der Waals surface area contributed by atoms with Crippen molar-refractivity contribution in [1.82, 2.24) is 0 Å². The minimum absolute atomic E-state index is 0.107. The second kappa shape index (κ2) is 6.98. The zero-order valence-electron chi connectivity index (χ0n) is 15.8. The maximum atomic E-state index is 6.44. The molecular weight excluding hydrogens is 336 g/mol. The molecule has 3 aliphatic heterocycles. The van der Waals surface area contributed by atoms with Gasteiger partial charge in [0.25, 0.3) is 0 Å². The summed E-state index contributed by atoms with van der Waals surface area (Å²) in [6.07, 6.45) is 10.1. The van der Waals surface area contributed by atoms with Crippen molar-refractivity contribution in [2.24, 2.45) is 0 Å². The van der Waals surface area contributed by atoms with Gasteiger partial charge in [0.15, 0.2) is 17.9 Å². The fourth-order valence-corrected chi connectivity index (χ4v) is 5.46. The van der Waals surface area contributed by atoms with Crippen molar-refractivity contribution in [3.63, 3.8) is 0 Å². The van der Waals surface area contributed by atoms with Gasteiger partial charge >= 0.3 is 0 Å². The first-order valence-corrected chi connectivity index (χ1v) is 10.7. The molecule has 6 nitrogen and oxygen atoms in total. The lowest BCUT2D eigenvalue weighted by molar-refractivity contribution is -0.262. The Hall–Kier alpha value is -0.240. The average Bonchev–Trinajstić information content (AvgIpc) is 3.30. The summed E-state index contributed by atoms with van der Waals surface area (Å²) in [7, 11) is 0. The smallest absolute Gasteiger partial charge is 0.190 e. The summed E-state index contributed by atoms with van der Waals surface area (Å²) in [6, 6.07) is 0. The molecule has 5 fully saturated rings. The summed E-state index contributed by atoms with van der Waals surface area (Å²) >= 11 is 0. The van der Waals surface area contributed by atoms with Crippen molar-refractivity contribution in [1.29, 1.82) is 0 Å². The van der Waals surface area contributed by atoms with Gasteiger partial charge in [0.05, 0.1) is 6.61 Å². The Morgan fingerprint density at radius 1 is 0.808 bits per heavy atom. The van der Waals surface area contributed by atoms with Crippen LogP contribution in [0.4, 0.5) is 0 Å². The second-order valence-corrected chi connectivity index (χ2v) is 8.50. The van der Waals surface area contributed by atoms with Gasteiger partial charge in [-0.3, -0.25) is 0 Å². The van der Waals surface area contributed by atoms with E-state index in [1.165, 1.54) is 25.7 Å². The van der Waals surface area contributed by atoms with Crippen LogP contribution in [0.5, 0.6) is 0 Å². The lowest BCUT2D eigenvalue weighted by atomic mass is 9.94. The quantitative estimate of drug-likeness (QED) is 0.762. The van der Waals surface area contributed by atoms with Crippen LogP contribution in [0.3, 0.4) is 0 Å². The van der Waals surface area contributed by atoms with Gasteiger partial charge in [0, 0.05) is 32.3 Å². The van der Waals surface area contributed by atoms with E-state index in [1.807, 2.05) is 6.92 Å². The van der Waals surface area contributed by atoms with Gasteiger partial charge in [-0.25, -0.2) is 0 Å². The van der Waals surface area contributed by atoms with Crippen LogP contribution in [0, 0.1) is 0 Å².